The molecule has 0 aliphatic rings. The van der Waals surface area contributed by atoms with Gasteiger partial charge in [-0.3, -0.25) is 0 Å². The number of nitrogens with two attached hydrogens (primary N) is 2. The molecule has 18 heavy (non-hydrogen) atoms. The van der Waals surface area contributed by atoms with Crippen LogP contribution in [0.4, 0.5) is 0 Å². The standard InChI is InChI=1S/C12H16N4O2/c1-3-6-18-10-5-4-9(7-11(10)17-2)8-15-16-12(13)14/h3-5,7-8H,1,6H2,2H3,(H4,13,14,16). The molecule has 0 saturated heterocycles. The lowest BCUT2D eigenvalue weighted by Crippen LogP contribution is -2.21. The van der Waals surface area contributed by atoms with Crippen LogP contribution < -0.4 is 20.9 Å². The number of guanidine groups is 1. The summed E-state index contributed by atoms with van der Waals surface area (Å²) in [5, 5.41) is 7.21. The second kappa shape index (κ2) is 6.95. The van der Waals surface area contributed by atoms with E-state index >= 15 is 0 Å². The Kier molecular flexibility index (Phi) is 5.24. The molecule has 1 rings (SSSR count). The van der Waals surface area contributed by atoms with E-state index in [0.29, 0.717) is 18.1 Å². The maximum atomic E-state index is 5.42. The highest BCUT2D eigenvalue weighted by Gasteiger charge is 2.03. The third-order valence-electron chi connectivity index (χ3n) is 1.92. The molecule has 0 unspecified atom stereocenters. The summed E-state index contributed by atoms with van der Waals surface area (Å²) in [6.45, 7) is 3.99. The number of benzene rings is 1. The molecule has 0 amide bonds. The average Bonchev–Trinajstić information content (AvgIpc) is 2.36. The van der Waals surface area contributed by atoms with E-state index in [9.17, 15) is 0 Å². The van der Waals surface area contributed by atoms with Crippen molar-refractivity contribution in [3.05, 3.63) is 36.4 Å². The lowest BCUT2D eigenvalue weighted by atomic mass is 10.2. The Balaban J connectivity index is 2.87. The highest BCUT2D eigenvalue weighted by atomic mass is 16.5. The minimum Gasteiger partial charge on any atom is -0.493 e. The van der Waals surface area contributed by atoms with Crippen molar-refractivity contribution in [1.82, 2.24) is 0 Å². The zero-order valence-corrected chi connectivity index (χ0v) is 10.2. The molecule has 1 aromatic carbocycles. The molecular weight excluding hydrogens is 232 g/mol. The third kappa shape index (κ3) is 4.17. The number of nitrogens with zero attached hydrogens (tertiary/aromatic N) is 2. The smallest absolute Gasteiger partial charge is 0.211 e. The van der Waals surface area contributed by atoms with Gasteiger partial charge in [-0.1, -0.05) is 12.7 Å². The fourth-order valence-corrected chi connectivity index (χ4v) is 1.19. The molecule has 0 atom stereocenters. The molecule has 1 aromatic rings. The molecule has 0 aliphatic carbocycles. The first-order valence-corrected chi connectivity index (χ1v) is 5.21. The second-order valence-corrected chi connectivity index (χ2v) is 3.28. The zero-order valence-electron chi connectivity index (χ0n) is 10.2. The summed E-state index contributed by atoms with van der Waals surface area (Å²) >= 11 is 0. The summed E-state index contributed by atoms with van der Waals surface area (Å²) in [6.07, 6.45) is 3.17. The Morgan fingerprint density at radius 2 is 2.17 bits per heavy atom. The Morgan fingerprint density at radius 3 is 2.78 bits per heavy atom. The van der Waals surface area contributed by atoms with Crippen LogP contribution in [0.1, 0.15) is 5.56 Å². The molecule has 0 aliphatic heterocycles. The summed E-state index contributed by atoms with van der Waals surface area (Å²) in [7, 11) is 1.56. The van der Waals surface area contributed by atoms with Gasteiger partial charge in [-0.2, -0.15) is 5.10 Å². The molecule has 0 heterocycles. The summed E-state index contributed by atoms with van der Waals surface area (Å²) in [4.78, 5) is 0. The SMILES string of the molecule is C=CCOc1ccc(C=NN=C(N)N)cc1OC. The lowest BCUT2D eigenvalue weighted by molar-refractivity contribution is 0.326. The van der Waals surface area contributed by atoms with Crippen LogP contribution in [0.3, 0.4) is 0 Å². The number of hydrogen-bond acceptors (Lipinski definition) is 4. The molecule has 0 bridgehead atoms. The summed E-state index contributed by atoms with van der Waals surface area (Å²) in [6, 6.07) is 5.36. The fourth-order valence-electron chi connectivity index (χ4n) is 1.19. The van der Waals surface area contributed by atoms with Gasteiger partial charge in [-0.05, 0) is 23.8 Å². The van der Waals surface area contributed by atoms with E-state index < -0.39 is 0 Å². The van der Waals surface area contributed by atoms with Gasteiger partial charge in [0, 0.05) is 0 Å². The first kappa shape index (κ1) is 13.6. The van der Waals surface area contributed by atoms with Crippen molar-refractivity contribution < 1.29 is 9.47 Å². The summed E-state index contributed by atoms with van der Waals surface area (Å²) in [5.41, 5.74) is 11.1. The van der Waals surface area contributed by atoms with E-state index in [-0.39, 0.29) is 5.96 Å². The molecule has 0 aromatic heterocycles. The Labute approximate surface area is 106 Å². The molecule has 4 N–H and O–H groups in total. The molecule has 0 spiro atoms. The monoisotopic (exact) mass is 248 g/mol. The van der Waals surface area contributed by atoms with Gasteiger partial charge in [0.05, 0.1) is 13.3 Å². The lowest BCUT2D eigenvalue weighted by Gasteiger charge is -2.09. The first-order valence-electron chi connectivity index (χ1n) is 5.21. The minimum absolute atomic E-state index is 0.0934. The molecule has 0 radical (unpaired) electrons. The molecule has 96 valence electrons. The molecular formula is C12H16N4O2. The number of hydrogen-bond donors (Lipinski definition) is 2. The van der Waals surface area contributed by atoms with Crippen molar-refractivity contribution in [2.75, 3.05) is 13.7 Å². The van der Waals surface area contributed by atoms with E-state index in [0.717, 1.165) is 5.56 Å². The maximum Gasteiger partial charge on any atom is 0.211 e. The average molecular weight is 248 g/mol. The van der Waals surface area contributed by atoms with Gasteiger partial charge in [0.15, 0.2) is 11.5 Å². The van der Waals surface area contributed by atoms with E-state index in [1.807, 2.05) is 6.07 Å². The molecule has 0 fully saturated rings. The quantitative estimate of drug-likeness (QED) is 0.338. The summed E-state index contributed by atoms with van der Waals surface area (Å²) < 4.78 is 10.6. The van der Waals surface area contributed by atoms with Gasteiger partial charge in [0.25, 0.3) is 0 Å². The van der Waals surface area contributed by atoms with Gasteiger partial charge in [-0.25, -0.2) is 0 Å². The van der Waals surface area contributed by atoms with Crippen LogP contribution in [0, 0.1) is 0 Å². The van der Waals surface area contributed by atoms with Crippen LogP contribution in [-0.4, -0.2) is 25.9 Å². The largest absolute Gasteiger partial charge is 0.493 e. The Bertz CT molecular complexity index is 465. The molecule has 0 saturated carbocycles. The van der Waals surface area contributed by atoms with Crippen molar-refractivity contribution >= 4 is 12.2 Å². The van der Waals surface area contributed by atoms with Crippen LogP contribution in [0.25, 0.3) is 0 Å². The van der Waals surface area contributed by atoms with Crippen molar-refractivity contribution in [1.29, 1.82) is 0 Å². The van der Waals surface area contributed by atoms with Crippen LogP contribution >= 0.6 is 0 Å². The van der Waals surface area contributed by atoms with Gasteiger partial charge in [-0.15, -0.1) is 5.10 Å². The number of methoxy groups -OCH3 is 1. The van der Waals surface area contributed by atoms with E-state index in [2.05, 4.69) is 16.8 Å². The Morgan fingerprint density at radius 1 is 1.39 bits per heavy atom. The van der Waals surface area contributed by atoms with Crippen LogP contribution in [0.5, 0.6) is 11.5 Å². The third-order valence-corrected chi connectivity index (χ3v) is 1.92. The topological polar surface area (TPSA) is 95.2 Å². The van der Waals surface area contributed by atoms with Crippen LogP contribution in [0.15, 0.2) is 41.1 Å². The highest BCUT2D eigenvalue weighted by molar-refractivity contribution is 5.82. The van der Waals surface area contributed by atoms with Gasteiger partial charge >= 0.3 is 0 Å². The van der Waals surface area contributed by atoms with Gasteiger partial charge < -0.3 is 20.9 Å². The minimum atomic E-state index is -0.0934. The normalized spacial score (nSPS) is 10.1. The van der Waals surface area contributed by atoms with Crippen molar-refractivity contribution in [2.45, 2.75) is 0 Å². The maximum absolute atomic E-state index is 5.42. The van der Waals surface area contributed by atoms with Crippen molar-refractivity contribution in [3.8, 4) is 11.5 Å². The van der Waals surface area contributed by atoms with E-state index in [1.165, 1.54) is 6.21 Å². The molecule has 6 heteroatoms. The predicted molar refractivity (Wildman–Crippen MR) is 72.1 cm³/mol. The van der Waals surface area contributed by atoms with E-state index in [4.69, 9.17) is 20.9 Å². The first-order chi connectivity index (χ1) is 8.67. The second-order valence-electron chi connectivity index (χ2n) is 3.28. The van der Waals surface area contributed by atoms with Crippen LogP contribution in [-0.2, 0) is 0 Å². The van der Waals surface area contributed by atoms with E-state index in [1.54, 1.807) is 25.3 Å². The van der Waals surface area contributed by atoms with Crippen molar-refractivity contribution in [2.24, 2.45) is 21.7 Å². The fraction of sp³-hybridized carbons (Fsp3) is 0.167. The number of rotatable bonds is 6. The molecule has 6 nitrogen and oxygen atoms in total. The van der Waals surface area contributed by atoms with Gasteiger partial charge in [0.1, 0.15) is 6.61 Å². The Hall–Kier alpha value is -2.50. The van der Waals surface area contributed by atoms with Crippen molar-refractivity contribution in [3.63, 3.8) is 0 Å². The van der Waals surface area contributed by atoms with Crippen LogP contribution in [0.2, 0.25) is 0 Å². The highest BCUT2D eigenvalue weighted by Crippen LogP contribution is 2.27. The zero-order chi connectivity index (χ0) is 13.4. The summed E-state index contributed by atoms with van der Waals surface area (Å²) in [5.74, 6) is 1.14. The van der Waals surface area contributed by atoms with Gasteiger partial charge in [0.2, 0.25) is 5.96 Å². The number of ether oxygens (including phenoxy) is 2. The predicted octanol–water partition coefficient (Wildman–Crippen LogP) is 0.867.